The highest BCUT2D eigenvalue weighted by Gasteiger charge is 1.82. The Morgan fingerprint density at radius 3 is 0.900 bits per heavy atom. The summed E-state index contributed by atoms with van der Waals surface area (Å²) >= 11 is 6.63. The zero-order valence-corrected chi connectivity index (χ0v) is 10.5. The van der Waals surface area contributed by atoms with Crippen LogP contribution in [0.2, 0.25) is 0 Å². The van der Waals surface area contributed by atoms with E-state index >= 15 is 0 Å². The van der Waals surface area contributed by atoms with E-state index in [9.17, 15) is 0 Å². The van der Waals surface area contributed by atoms with Gasteiger partial charge in [-0.2, -0.15) is 0 Å². The van der Waals surface area contributed by atoms with Gasteiger partial charge in [0.1, 0.15) is 0 Å². The summed E-state index contributed by atoms with van der Waals surface area (Å²) in [6, 6.07) is 0. The molecular formula is C8H18Br2. The van der Waals surface area contributed by atoms with Gasteiger partial charge >= 0.3 is 0 Å². The first-order chi connectivity index (χ1) is 4.54. The average molecular weight is 274 g/mol. The Morgan fingerprint density at radius 2 is 0.900 bits per heavy atom. The fourth-order valence-corrected chi connectivity index (χ4v) is 0. The Morgan fingerprint density at radius 1 is 0.800 bits per heavy atom. The second-order valence-corrected chi connectivity index (χ2v) is 4.39. The molecule has 0 aliphatic carbocycles. The zero-order chi connectivity index (χ0) is 8.57. The standard InChI is InChI=1S/2C4H9Br/c2*1-4(2)3-5/h2*4H,3H2,1-2H3. The maximum atomic E-state index is 3.31. The lowest BCUT2D eigenvalue weighted by atomic mass is 10.3. The lowest BCUT2D eigenvalue weighted by molar-refractivity contribution is 0.756. The molecule has 10 heavy (non-hydrogen) atoms. The van der Waals surface area contributed by atoms with Crippen LogP contribution in [0, 0.1) is 11.8 Å². The van der Waals surface area contributed by atoms with Crippen molar-refractivity contribution >= 4 is 31.9 Å². The summed E-state index contributed by atoms with van der Waals surface area (Å²) < 4.78 is 0. The fraction of sp³-hybridized carbons (Fsp3) is 1.00. The molecule has 0 nitrogen and oxygen atoms in total. The summed E-state index contributed by atoms with van der Waals surface area (Å²) in [5.74, 6) is 1.60. The SMILES string of the molecule is CC(C)CBr.CC(C)CBr. The second-order valence-electron chi connectivity index (χ2n) is 3.10. The van der Waals surface area contributed by atoms with Crippen LogP contribution in [-0.4, -0.2) is 10.7 Å². The normalized spacial score (nSPS) is 9.60. The molecule has 0 amide bonds. The first-order valence-electron chi connectivity index (χ1n) is 3.66. The second kappa shape index (κ2) is 9.96. The quantitative estimate of drug-likeness (QED) is 0.666. The van der Waals surface area contributed by atoms with Crippen molar-refractivity contribution in [2.75, 3.05) is 10.7 Å². The van der Waals surface area contributed by atoms with Crippen molar-refractivity contribution < 1.29 is 0 Å². The van der Waals surface area contributed by atoms with E-state index < -0.39 is 0 Å². The molecule has 64 valence electrons. The van der Waals surface area contributed by atoms with E-state index in [1.54, 1.807) is 0 Å². The van der Waals surface area contributed by atoms with E-state index in [0.29, 0.717) is 0 Å². The van der Waals surface area contributed by atoms with Crippen LogP contribution in [0.25, 0.3) is 0 Å². The van der Waals surface area contributed by atoms with Crippen LogP contribution in [0.1, 0.15) is 27.7 Å². The molecule has 0 fully saturated rings. The molecule has 0 saturated heterocycles. The van der Waals surface area contributed by atoms with Crippen LogP contribution in [0.5, 0.6) is 0 Å². The van der Waals surface area contributed by atoms with Crippen LogP contribution >= 0.6 is 31.9 Å². The summed E-state index contributed by atoms with van der Waals surface area (Å²) in [7, 11) is 0. The van der Waals surface area contributed by atoms with Crippen molar-refractivity contribution in [3.05, 3.63) is 0 Å². The molecule has 0 aliphatic heterocycles. The van der Waals surface area contributed by atoms with Gasteiger partial charge in [-0.05, 0) is 11.8 Å². The van der Waals surface area contributed by atoms with Gasteiger partial charge in [-0.1, -0.05) is 59.6 Å². The van der Waals surface area contributed by atoms with Gasteiger partial charge in [-0.25, -0.2) is 0 Å². The van der Waals surface area contributed by atoms with Gasteiger partial charge < -0.3 is 0 Å². The molecule has 0 spiro atoms. The molecule has 0 aromatic heterocycles. The van der Waals surface area contributed by atoms with E-state index in [0.717, 1.165) is 22.5 Å². The number of alkyl halides is 2. The maximum Gasteiger partial charge on any atom is 0.00544 e. The molecule has 0 N–H and O–H groups in total. The van der Waals surface area contributed by atoms with E-state index in [-0.39, 0.29) is 0 Å². The highest BCUT2D eigenvalue weighted by Crippen LogP contribution is 1.94. The van der Waals surface area contributed by atoms with Gasteiger partial charge in [0.15, 0.2) is 0 Å². The predicted octanol–water partition coefficient (Wildman–Crippen LogP) is 4.07. The maximum absolute atomic E-state index is 3.31. The highest BCUT2D eigenvalue weighted by atomic mass is 79.9. The molecule has 0 aromatic rings. The molecule has 0 saturated carbocycles. The van der Waals surface area contributed by atoms with Crippen LogP contribution < -0.4 is 0 Å². The summed E-state index contributed by atoms with van der Waals surface area (Å²) in [5.41, 5.74) is 0. The molecule has 0 aromatic carbocycles. The first-order valence-corrected chi connectivity index (χ1v) is 5.90. The third-order valence-corrected chi connectivity index (χ3v) is 3.21. The number of hydrogen-bond acceptors (Lipinski definition) is 0. The Kier molecular flexibility index (Phi) is 13.5. The molecular weight excluding hydrogens is 256 g/mol. The Balaban J connectivity index is 0. The zero-order valence-electron chi connectivity index (χ0n) is 7.32. The van der Waals surface area contributed by atoms with E-state index in [1.807, 2.05) is 0 Å². The minimum atomic E-state index is 0.801. The van der Waals surface area contributed by atoms with Crippen LogP contribution in [-0.2, 0) is 0 Å². The topological polar surface area (TPSA) is 0 Å². The molecule has 0 bridgehead atoms. The lowest BCUT2D eigenvalue weighted by Gasteiger charge is -1.88. The minimum absolute atomic E-state index is 0.801. The van der Waals surface area contributed by atoms with Crippen molar-refractivity contribution in [2.45, 2.75) is 27.7 Å². The van der Waals surface area contributed by atoms with Gasteiger partial charge in [0.25, 0.3) is 0 Å². The molecule has 0 radical (unpaired) electrons. The third-order valence-electron chi connectivity index (χ3n) is 0.617. The van der Waals surface area contributed by atoms with E-state index in [1.165, 1.54) is 0 Å². The number of rotatable bonds is 2. The monoisotopic (exact) mass is 272 g/mol. The predicted molar refractivity (Wildman–Crippen MR) is 57.3 cm³/mol. The molecule has 0 aliphatic rings. The number of halogens is 2. The molecule has 0 atom stereocenters. The lowest BCUT2D eigenvalue weighted by Crippen LogP contribution is -1.82. The van der Waals surface area contributed by atoms with Crippen LogP contribution in [0.3, 0.4) is 0 Å². The molecule has 0 heterocycles. The minimum Gasteiger partial charge on any atom is -0.0925 e. The third kappa shape index (κ3) is 23.1. The first kappa shape index (κ1) is 13.5. The summed E-state index contributed by atoms with van der Waals surface area (Å²) in [4.78, 5) is 0. The van der Waals surface area contributed by atoms with Crippen molar-refractivity contribution in [1.82, 2.24) is 0 Å². The Hall–Kier alpha value is 0.960. The van der Waals surface area contributed by atoms with E-state index in [4.69, 9.17) is 0 Å². The Bertz CT molecular complexity index is 43.2. The van der Waals surface area contributed by atoms with Crippen molar-refractivity contribution in [3.8, 4) is 0 Å². The van der Waals surface area contributed by atoms with E-state index in [2.05, 4.69) is 59.6 Å². The van der Waals surface area contributed by atoms with Crippen LogP contribution in [0.15, 0.2) is 0 Å². The van der Waals surface area contributed by atoms with Gasteiger partial charge in [0, 0.05) is 10.7 Å². The van der Waals surface area contributed by atoms with Gasteiger partial charge in [-0.15, -0.1) is 0 Å². The van der Waals surface area contributed by atoms with Crippen molar-refractivity contribution in [2.24, 2.45) is 11.8 Å². The van der Waals surface area contributed by atoms with Crippen molar-refractivity contribution in [1.29, 1.82) is 0 Å². The Labute approximate surface area is 82.0 Å². The largest absolute Gasteiger partial charge is 0.0925 e. The van der Waals surface area contributed by atoms with Gasteiger partial charge in [0.05, 0.1) is 0 Å². The highest BCUT2D eigenvalue weighted by molar-refractivity contribution is 9.09. The molecule has 2 heteroatoms. The fourth-order valence-electron chi connectivity index (χ4n) is 0. The van der Waals surface area contributed by atoms with Gasteiger partial charge in [-0.3, -0.25) is 0 Å². The summed E-state index contributed by atoms with van der Waals surface area (Å²) in [5, 5.41) is 2.24. The average Bonchev–Trinajstić information content (AvgIpc) is 1.89. The molecule has 0 rings (SSSR count). The summed E-state index contributed by atoms with van der Waals surface area (Å²) in [6.45, 7) is 8.70. The number of hydrogen-bond donors (Lipinski definition) is 0. The van der Waals surface area contributed by atoms with Crippen molar-refractivity contribution in [3.63, 3.8) is 0 Å². The molecule has 0 unspecified atom stereocenters. The van der Waals surface area contributed by atoms with Crippen LogP contribution in [0.4, 0.5) is 0 Å². The van der Waals surface area contributed by atoms with Gasteiger partial charge in [0.2, 0.25) is 0 Å². The smallest absolute Gasteiger partial charge is 0.00544 e. The summed E-state index contributed by atoms with van der Waals surface area (Å²) in [6.07, 6.45) is 0.